The summed E-state index contributed by atoms with van der Waals surface area (Å²) < 4.78 is 18.3. The molecule has 22 heavy (non-hydrogen) atoms. The summed E-state index contributed by atoms with van der Waals surface area (Å²) in [5.74, 6) is 1.50. The molecule has 3 rings (SSSR count). The highest BCUT2D eigenvalue weighted by Gasteiger charge is 2.26. The van der Waals surface area contributed by atoms with Crippen molar-refractivity contribution in [1.82, 2.24) is 9.88 Å². The van der Waals surface area contributed by atoms with Gasteiger partial charge in [-0.05, 0) is 36.5 Å². The zero-order valence-electron chi connectivity index (χ0n) is 12.6. The fourth-order valence-corrected chi connectivity index (χ4v) is 2.93. The van der Waals surface area contributed by atoms with Gasteiger partial charge in [-0.2, -0.15) is 0 Å². The van der Waals surface area contributed by atoms with E-state index in [1.165, 1.54) is 12.1 Å². The first-order chi connectivity index (χ1) is 10.6. The molecule has 1 aliphatic rings. The predicted octanol–water partition coefficient (Wildman–Crippen LogP) is 2.76. The van der Waals surface area contributed by atoms with Gasteiger partial charge in [-0.1, -0.05) is 12.1 Å². The smallest absolute Gasteiger partial charge is 0.230 e. The Morgan fingerprint density at radius 2 is 2.18 bits per heavy atom. The van der Waals surface area contributed by atoms with Crippen LogP contribution in [0.3, 0.4) is 0 Å². The van der Waals surface area contributed by atoms with E-state index in [9.17, 15) is 9.18 Å². The van der Waals surface area contributed by atoms with Gasteiger partial charge in [0.05, 0.1) is 12.6 Å². The fourth-order valence-electron chi connectivity index (χ4n) is 2.93. The summed E-state index contributed by atoms with van der Waals surface area (Å²) in [4.78, 5) is 18.1. The molecule has 1 fully saturated rings. The van der Waals surface area contributed by atoms with Crippen molar-refractivity contribution in [2.24, 2.45) is 5.92 Å². The number of likely N-dealkylation sites (tertiary alicyclic amines) is 1. The quantitative estimate of drug-likeness (QED) is 0.872. The number of hydrogen-bond acceptors (Lipinski definition) is 3. The molecule has 0 bridgehead atoms. The minimum atomic E-state index is -0.214. The van der Waals surface area contributed by atoms with Crippen LogP contribution in [0.5, 0.6) is 0 Å². The van der Waals surface area contributed by atoms with Crippen LogP contribution in [0.1, 0.15) is 23.6 Å². The van der Waals surface area contributed by atoms with Gasteiger partial charge in [-0.3, -0.25) is 4.79 Å². The van der Waals surface area contributed by atoms with Gasteiger partial charge in [0.25, 0.3) is 0 Å². The summed E-state index contributed by atoms with van der Waals surface area (Å²) in [6.07, 6.45) is 3.74. The summed E-state index contributed by atoms with van der Waals surface area (Å²) in [6.45, 7) is 3.30. The number of rotatable bonds is 4. The van der Waals surface area contributed by atoms with Crippen LogP contribution < -0.4 is 0 Å². The first-order valence-electron chi connectivity index (χ1n) is 7.53. The van der Waals surface area contributed by atoms with Crippen molar-refractivity contribution in [3.05, 3.63) is 53.5 Å². The molecule has 0 N–H and O–H groups in total. The SMILES string of the molecule is Cc1ncc(CC(=O)N2CCC(Cc3ccc(F)cc3)C2)o1. The first kappa shape index (κ1) is 14.8. The highest BCUT2D eigenvalue weighted by atomic mass is 19.1. The second-order valence-electron chi connectivity index (χ2n) is 5.85. The highest BCUT2D eigenvalue weighted by molar-refractivity contribution is 5.78. The maximum atomic E-state index is 12.9. The third-order valence-corrected chi connectivity index (χ3v) is 4.07. The van der Waals surface area contributed by atoms with Crippen LogP contribution in [0.2, 0.25) is 0 Å². The van der Waals surface area contributed by atoms with Crippen LogP contribution in [0, 0.1) is 18.7 Å². The van der Waals surface area contributed by atoms with E-state index in [-0.39, 0.29) is 18.1 Å². The minimum absolute atomic E-state index is 0.0813. The largest absolute Gasteiger partial charge is 0.446 e. The average Bonchev–Trinajstić information content (AvgIpc) is 3.11. The molecular weight excluding hydrogens is 283 g/mol. The Kier molecular flexibility index (Phi) is 4.22. The number of nitrogens with zero attached hydrogens (tertiary/aromatic N) is 2. The van der Waals surface area contributed by atoms with Gasteiger partial charge in [0, 0.05) is 20.0 Å². The molecule has 0 saturated carbocycles. The Labute approximate surface area is 129 Å². The van der Waals surface area contributed by atoms with Gasteiger partial charge in [-0.15, -0.1) is 0 Å². The van der Waals surface area contributed by atoms with Crippen molar-refractivity contribution < 1.29 is 13.6 Å². The van der Waals surface area contributed by atoms with Gasteiger partial charge in [0.2, 0.25) is 5.91 Å². The third kappa shape index (κ3) is 3.53. The molecule has 2 heterocycles. The van der Waals surface area contributed by atoms with Crippen LogP contribution >= 0.6 is 0 Å². The number of hydrogen-bond donors (Lipinski definition) is 0. The van der Waals surface area contributed by atoms with Crippen LogP contribution in [0.15, 0.2) is 34.9 Å². The second kappa shape index (κ2) is 6.30. The lowest BCUT2D eigenvalue weighted by atomic mass is 9.99. The van der Waals surface area contributed by atoms with Gasteiger partial charge >= 0.3 is 0 Å². The third-order valence-electron chi connectivity index (χ3n) is 4.07. The summed E-state index contributed by atoms with van der Waals surface area (Å²) in [5.41, 5.74) is 1.12. The lowest BCUT2D eigenvalue weighted by molar-refractivity contribution is -0.129. The summed E-state index contributed by atoms with van der Waals surface area (Å²) in [7, 11) is 0. The van der Waals surface area contributed by atoms with Crippen molar-refractivity contribution in [2.45, 2.75) is 26.2 Å². The summed E-state index contributed by atoms with van der Waals surface area (Å²) >= 11 is 0. The summed E-state index contributed by atoms with van der Waals surface area (Å²) in [6, 6.07) is 6.60. The van der Waals surface area contributed by atoms with Gasteiger partial charge in [0.15, 0.2) is 5.89 Å². The van der Waals surface area contributed by atoms with Crippen LogP contribution in [-0.2, 0) is 17.6 Å². The van der Waals surface area contributed by atoms with Crippen molar-refractivity contribution in [2.75, 3.05) is 13.1 Å². The zero-order chi connectivity index (χ0) is 15.5. The van der Waals surface area contributed by atoms with E-state index in [1.54, 1.807) is 13.1 Å². The number of oxazole rings is 1. The Morgan fingerprint density at radius 3 is 2.86 bits per heavy atom. The van der Waals surface area contributed by atoms with Crippen molar-refractivity contribution >= 4 is 5.91 Å². The minimum Gasteiger partial charge on any atom is -0.446 e. The molecule has 1 aliphatic heterocycles. The van der Waals surface area contributed by atoms with Crippen LogP contribution in [-0.4, -0.2) is 28.9 Å². The molecule has 1 aromatic carbocycles. The van der Waals surface area contributed by atoms with E-state index in [1.807, 2.05) is 17.0 Å². The number of aromatic nitrogens is 1. The van der Waals surface area contributed by atoms with Crippen LogP contribution in [0.4, 0.5) is 4.39 Å². The summed E-state index contributed by atoms with van der Waals surface area (Å²) in [5, 5.41) is 0. The number of aryl methyl sites for hydroxylation is 1. The number of halogens is 1. The Balaban J connectivity index is 1.53. The molecule has 5 heteroatoms. The average molecular weight is 302 g/mol. The van der Waals surface area contributed by atoms with Crippen LogP contribution in [0.25, 0.3) is 0 Å². The molecule has 116 valence electrons. The molecule has 0 aliphatic carbocycles. The lowest BCUT2D eigenvalue weighted by Crippen LogP contribution is -2.30. The maximum Gasteiger partial charge on any atom is 0.230 e. The van der Waals surface area contributed by atoms with Gasteiger partial charge in [-0.25, -0.2) is 9.37 Å². The molecule has 0 spiro atoms. The normalized spacial score (nSPS) is 17.9. The maximum absolute atomic E-state index is 12.9. The topological polar surface area (TPSA) is 46.3 Å². The van der Waals surface area contributed by atoms with E-state index in [2.05, 4.69) is 4.98 Å². The molecule has 1 saturated heterocycles. The number of carbonyl (C=O) groups excluding carboxylic acids is 1. The standard InChI is InChI=1S/C17H19FN2O2/c1-12-19-10-16(22-12)9-17(21)20-7-6-14(11-20)8-13-2-4-15(18)5-3-13/h2-5,10,14H,6-9,11H2,1H3. The molecule has 1 unspecified atom stereocenters. The number of carbonyl (C=O) groups is 1. The fraction of sp³-hybridized carbons (Fsp3) is 0.412. The molecule has 1 atom stereocenters. The highest BCUT2D eigenvalue weighted by Crippen LogP contribution is 2.22. The van der Waals surface area contributed by atoms with E-state index < -0.39 is 0 Å². The van der Waals surface area contributed by atoms with Gasteiger partial charge in [0.1, 0.15) is 11.6 Å². The number of benzene rings is 1. The lowest BCUT2D eigenvalue weighted by Gasteiger charge is -2.16. The first-order valence-corrected chi connectivity index (χ1v) is 7.53. The van der Waals surface area contributed by atoms with Crippen molar-refractivity contribution in [1.29, 1.82) is 0 Å². The molecule has 4 nitrogen and oxygen atoms in total. The Hall–Kier alpha value is -2.17. The molecule has 1 amide bonds. The Morgan fingerprint density at radius 1 is 1.41 bits per heavy atom. The van der Waals surface area contributed by atoms with Crippen molar-refractivity contribution in [3.8, 4) is 0 Å². The molecule has 1 aromatic heterocycles. The predicted molar refractivity (Wildman–Crippen MR) is 79.7 cm³/mol. The van der Waals surface area contributed by atoms with Gasteiger partial charge < -0.3 is 9.32 Å². The number of amides is 1. The van der Waals surface area contributed by atoms with E-state index >= 15 is 0 Å². The molecule has 0 radical (unpaired) electrons. The van der Waals surface area contributed by atoms with E-state index in [0.29, 0.717) is 17.6 Å². The second-order valence-corrected chi connectivity index (χ2v) is 5.85. The molecular formula is C17H19FN2O2. The molecule has 2 aromatic rings. The van der Waals surface area contributed by atoms with E-state index in [4.69, 9.17) is 4.42 Å². The monoisotopic (exact) mass is 302 g/mol. The van der Waals surface area contributed by atoms with Crippen molar-refractivity contribution in [3.63, 3.8) is 0 Å². The van der Waals surface area contributed by atoms with E-state index in [0.717, 1.165) is 31.5 Å². The zero-order valence-corrected chi connectivity index (χ0v) is 12.6. The Bertz CT molecular complexity index is 651.